The van der Waals surface area contributed by atoms with E-state index in [2.05, 4.69) is 62.5 Å². The third-order valence-corrected chi connectivity index (χ3v) is 6.24. The smallest absolute Gasteiger partial charge is 0.0972 e. The van der Waals surface area contributed by atoms with Crippen LogP contribution >= 0.6 is 7.26 Å². The highest BCUT2D eigenvalue weighted by molar-refractivity contribution is 7.81. The van der Waals surface area contributed by atoms with Gasteiger partial charge in [0.1, 0.15) is 0 Å². The quantitative estimate of drug-likeness (QED) is 0.476. The lowest BCUT2D eigenvalue weighted by Crippen LogP contribution is -2.18. The lowest BCUT2D eigenvalue weighted by Gasteiger charge is -2.24. The first-order valence-corrected chi connectivity index (χ1v) is 10.5. The fourth-order valence-corrected chi connectivity index (χ4v) is 5.00. The second-order valence-electron chi connectivity index (χ2n) is 6.67. The minimum Gasteiger partial charge on any atom is -0.256 e. The van der Waals surface area contributed by atoms with E-state index in [-0.39, 0.29) is 0 Å². The average Bonchev–Trinajstić information content (AvgIpc) is 2.46. The monoisotopic (exact) mass is 292 g/mol. The molecule has 21 heavy (non-hydrogen) atoms. The maximum atomic E-state index is 4.71. The number of nitrogens with zero attached hydrogens (tertiary/aromatic N) is 1. The van der Waals surface area contributed by atoms with Crippen molar-refractivity contribution < 1.29 is 0 Å². The van der Waals surface area contributed by atoms with Crippen LogP contribution in [0.25, 0.3) is 22.0 Å². The first-order chi connectivity index (χ1) is 10.1. The highest BCUT2D eigenvalue weighted by Gasteiger charge is 2.30. The van der Waals surface area contributed by atoms with Gasteiger partial charge < -0.3 is 0 Å². The van der Waals surface area contributed by atoms with Crippen molar-refractivity contribution in [2.75, 3.05) is 20.0 Å². The summed E-state index contributed by atoms with van der Waals surface area (Å²) in [6.45, 7) is 7.20. The van der Waals surface area contributed by atoms with Gasteiger partial charge >= 0.3 is 0 Å². The zero-order chi connectivity index (χ0) is 14.6. The number of pyridine rings is 1. The fraction of sp³-hybridized carbons (Fsp3) is 0.211. The Morgan fingerprint density at radius 2 is 1.76 bits per heavy atom. The molecule has 1 nitrogen and oxygen atoms in total. The van der Waals surface area contributed by atoms with Gasteiger partial charge in [0, 0.05) is 36.4 Å². The number of hydrogen-bond acceptors (Lipinski definition) is 1. The Balaban J connectivity index is 2.11. The molecule has 2 heteroatoms. The number of benzene rings is 2. The van der Waals surface area contributed by atoms with Crippen molar-refractivity contribution in [1.29, 1.82) is 0 Å². The predicted molar refractivity (Wildman–Crippen MR) is 94.3 cm³/mol. The molecule has 1 aromatic heterocycles. The van der Waals surface area contributed by atoms with Gasteiger partial charge in [0.05, 0.1) is 31.0 Å². The van der Waals surface area contributed by atoms with Crippen LogP contribution in [-0.4, -0.2) is 25.0 Å². The molecule has 3 aromatic rings. The first-order valence-electron chi connectivity index (χ1n) is 7.36. The van der Waals surface area contributed by atoms with E-state index in [1.165, 1.54) is 33.2 Å². The maximum absolute atomic E-state index is 4.71. The predicted octanol–water partition coefficient (Wildman–Crippen LogP) is 4.34. The molecule has 0 unspecified atom stereocenters. The SMILES string of the molecule is C[P+](C)(C)c1cccc2c1Cc1cccc3ccnc-2c13. The van der Waals surface area contributed by atoms with Gasteiger partial charge in [-0.2, -0.15) is 0 Å². The summed E-state index contributed by atoms with van der Waals surface area (Å²) >= 11 is 0. The van der Waals surface area contributed by atoms with Crippen molar-refractivity contribution in [2.24, 2.45) is 0 Å². The standard InChI is InChI=1S/C19H19NP/c1-21(2,3)17-9-5-8-15-16(17)12-14-7-4-6-13-10-11-20-19(15)18(13)14/h4-11H,12H2,1-3H3/q+1. The Morgan fingerprint density at radius 3 is 2.57 bits per heavy atom. The maximum Gasteiger partial charge on any atom is 0.0972 e. The second-order valence-corrected chi connectivity index (χ2v) is 11.2. The third-order valence-electron chi connectivity index (χ3n) is 4.37. The summed E-state index contributed by atoms with van der Waals surface area (Å²) in [5, 5.41) is 4.20. The van der Waals surface area contributed by atoms with Crippen molar-refractivity contribution in [3.63, 3.8) is 0 Å². The molecule has 104 valence electrons. The lowest BCUT2D eigenvalue weighted by molar-refractivity contribution is 1.18. The van der Waals surface area contributed by atoms with Crippen LogP contribution in [-0.2, 0) is 6.42 Å². The van der Waals surface area contributed by atoms with E-state index in [1.54, 1.807) is 5.30 Å². The molecule has 0 saturated carbocycles. The molecule has 0 atom stereocenters. The average molecular weight is 292 g/mol. The molecular weight excluding hydrogens is 273 g/mol. The van der Waals surface area contributed by atoms with Gasteiger partial charge in [-0.25, -0.2) is 0 Å². The highest BCUT2D eigenvalue weighted by atomic mass is 31.2. The van der Waals surface area contributed by atoms with Crippen LogP contribution in [0.15, 0.2) is 48.7 Å². The molecule has 1 aliphatic carbocycles. The Bertz CT molecular complexity index is 854. The van der Waals surface area contributed by atoms with E-state index in [9.17, 15) is 0 Å². The van der Waals surface area contributed by atoms with E-state index in [1.807, 2.05) is 6.20 Å². The van der Waals surface area contributed by atoms with E-state index in [0.29, 0.717) is 0 Å². The van der Waals surface area contributed by atoms with Gasteiger partial charge in [-0.3, -0.25) is 4.98 Å². The Labute approximate surface area is 126 Å². The molecule has 0 spiro atoms. The van der Waals surface area contributed by atoms with Gasteiger partial charge in [0.2, 0.25) is 0 Å². The molecule has 1 heterocycles. The summed E-state index contributed by atoms with van der Waals surface area (Å²) in [7, 11) is -1.04. The van der Waals surface area contributed by atoms with Crippen LogP contribution in [0.3, 0.4) is 0 Å². The van der Waals surface area contributed by atoms with E-state index in [4.69, 9.17) is 4.98 Å². The molecule has 0 radical (unpaired) electrons. The highest BCUT2D eigenvalue weighted by Crippen LogP contribution is 2.49. The van der Waals surface area contributed by atoms with Crippen LogP contribution in [0.1, 0.15) is 11.1 Å². The van der Waals surface area contributed by atoms with Crippen molar-refractivity contribution in [3.8, 4) is 11.3 Å². The summed E-state index contributed by atoms with van der Waals surface area (Å²) in [6, 6.07) is 15.5. The Hall–Kier alpha value is -1.72. The molecule has 0 amide bonds. The van der Waals surface area contributed by atoms with Gasteiger partial charge in [0.25, 0.3) is 0 Å². The van der Waals surface area contributed by atoms with Crippen molar-refractivity contribution in [3.05, 3.63) is 59.8 Å². The van der Waals surface area contributed by atoms with Crippen molar-refractivity contribution in [2.45, 2.75) is 6.42 Å². The largest absolute Gasteiger partial charge is 0.256 e. The van der Waals surface area contributed by atoms with Gasteiger partial charge in [-0.05, 0) is 23.1 Å². The lowest BCUT2D eigenvalue weighted by atomic mass is 9.87. The summed E-state index contributed by atoms with van der Waals surface area (Å²) in [5.74, 6) is 0. The first kappa shape index (κ1) is 13.0. The Kier molecular flexibility index (Phi) is 2.71. The fourth-order valence-electron chi connectivity index (χ4n) is 3.46. The van der Waals surface area contributed by atoms with Gasteiger partial charge in [0.15, 0.2) is 0 Å². The number of fused-ring (bicyclic) bond motifs is 2. The van der Waals surface area contributed by atoms with Crippen molar-refractivity contribution >= 4 is 23.3 Å². The minimum absolute atomic E-state index is 1.04. The summed E-state index contributed by atoms with van der Waals surface area (Å²) in [6.07, 6.45) is 2.98. The zero-order valence-electron chi connectivity index (χ0n) is 12.7. The van der Waals surface area contributed by atoms with Gasteiger partial charge in [-0.1, -0.05) is 30.3 Å². The van der Waals surface area contributed by atoms with Crippen LogP contribution in [0, 0.1) is 0 Å². The zero-order valence-corrected chi connectivity index (χ0v) is 13.6. The summed E-state index contributed by atoms with van der Waals surface area (Å²) < 4.78 is 0. The molecule has 2 aromatic carbocycles. The number of hydrogen-bond donors (Lipinski definition) is 0. The Morgan fingerprint density at radius 1 is 0.952 bits per heavy atom. The molecule has 1 aliphatic rings. The molecule has 0 aliphatic heterocycles. The van der Waals surface area contributed by atoms with Gasteiger partial charge in [-0.15, -0.1) is 0 Å². The number of aromatic nitrogens is 1. The van der Waals surface area contributed by atoms with Crippen LogP contribution in [0.2, 0.25) is 0 Å². The molecule has 0 fully saturated rings. The topological polar surface area (TPSA) is 12.9 Å². The number of rotatable bonds is 1. The van der Waals surface area contributed by atoms with Crippen LogP contribution in [0.4, 0.5) is 0 Å². The van der Waals surface area contributed by atoms with Crippen LogP contribution < -0.4 is 5.30 Å². The molecule has 4 rings (SSSR count). The minimum atomic E-state index is -1.04. The van der Waals surface area contributed by atoms with E-state index < -0.39 is 7.26 Å². The molecular formula is C19H19NP+. The summed E-state index contributed by atoms with van der Waals surface area (Å²) in [4.78, 5) is 4.71. The third kappa shape index (κ3) is 1.92. The normalized spacial score (nSPS) is 13.3. The van der Waals surface area contributed by atoms with Crippen molar-refractivity contribution in [1.82, 2.24) is 4.98 Å². The van der Waals surface area contributed by atoms with E-state index in [0.717, 1.165) is 6.42 Å². The second kappa shape index (κ2) is 4.39. The van der Waals surface area contributed by atoms with E-state index >= 15 is 0 Å². The molecule has 0 saturated heterocycles. The molecule has 0 bridgehead atoms. The molecule has 0 N–H and O–H groups in total. The van der Waals surface area contributed by atoms with Crippen LogP contribution in [0.5, 0.6) is 0 Å². The summed E-state index contributed by atoms with van der Waals surface area (Å²) in [5.41, 5.74) is 5.42.